The number of nitrogens with one attached hydrogen (secondary N) is 1. The molecule has 2 nitrogen and oxygen atoms in total. The van der Waals surface area contributed by atoms with Crippen molar-refractivity contribution in [1.82, 2.24) is 5.32 Å². The van der Waals surface area contributed by atoms with E-state index in [0.29, 0.717) is 0 Å². The second kappa shape index (κ2) is 6.19. The topological polar surface area (TPSA) is 29.1 Å². The van der Waals surface area contributed by atoms with Crippen molar-refractivity contribution >= 4 is 21.8 Å². The molecular weight excluding hydrogens is 290 g/mol. The van der Waals surface area contributed by atoms with E-state index in [9.17, 15) is 4.79 Å². The number of carbonyl (C=O) groups is 1. The Hall–Kier alpha value is -1.09. The molecule has 0 heterocycles. The Balaban J connectivity index is 1.89. The van der Waals surface area contributed by atoms with Gasteiger partial charge in [-0.25, -0.2) is 0 Å². The quantitative estimate of drug-likeness (QED) is 0.837. The lowest BCUT2D eigenvalue weighted by Crippen LogP contribution is -2.25. The highest BCUT2D eigenvalue weighted by Gasteiger charge is 2.11. The number of benzene rings is 1. The van der Waals surface area contributed by atoms with Gasteiger partial charge in [0.1, 0.15) is 0 Å². The molecule has 0 aromatic heterocycles. The monoisotopic (exact) mass is 307 g/mol. The van der Waals surface area contributed by atoms with Crippen molar-refractivity contribution in [3.8, 4) is 0 Å². The van der Waals surface area contributed by atoms with Crippen LogP contribution in [0.15, 0.2) is 34.3 Å². The summed E-state index contributed by atoms with van der Waals surface area (Å²) in [6, 6.07) is 5.75. The van der Waals surface area contributed by atoms with Crippen LogP contribution in [0.1, 0.15) is 41.6 Å². The lowest BCUT2D eigenvalue weighted by Gasteiger charge is -2.08. The summed E-state index contributed by atoms with van der Waals surface area (Å²) in [7, 11) is 0. The fraction of sp³-hybridized carbons (Fsp3) is 0.400. The van der Waals surface area contributed by atoms with E-state index in [1.807, 2.05) is 25.1 Å². The van der Waals surface area contributed by atoms with Gasteiger partial charge in [-0.1, -0.05) is 23.8 Å². The molecule has 0 radical (unpaired) electrons. The Morgan fingerprint density at radius 2 is 2.28 bits per heavy atom. The molecular formula is C15H18BrNO. The van der Waals surface area contributed by atoms with Crippen molar-refractivity contribution in [2.75, 3.05) is 6.54 Å². The van der Waals surface area contributed by atoms with Gasteiger partial charge in [0, 0.05) is 11.0 Å². The number of allylic oxidation sites excluding steroid dienone is 1. The van der Waals surface area contributed by atoms with Gasteiger partial charge in [0.15, 0.2) is 0 Å². The van der Waals surface area contributed by atoms with E-state index < -0.39 is 0 Å². The van der Waals surface area contributed by atoms with Crippen LogP contribution in [0.2, 0.25) is 0 Å². The number of hydrogen-bond acceptors (Lipinski definition) is 1. The van der Waals surface area contributed by atoms with Crippen LogP contribution in [0, 0.1) is 6.92 Å². The first-order valence-corrected chi connectivity index (χ1v) is 7.19. The highest BCUT2D eigenvalue weighted by atomic mass is 79.9. The van der Waals surface area contributed by atoms with Crippen molar-refractivity contribution in [3.05, 3.63) is 45.4 Å². The second-order valence-electron chi connectivity index (χ2n) is 4.70. The van der Waals surface area contributed by atoms with Crippen LogP contribution in [0.25, 0.3) is 0 Å². The van der Waals surface area contributed by atoms with E-state index in [4.69, 9.17) is 0 Å². The predicted octanol–water partition coefficient (Wildman–Crippen LogP) is 3.99. The van der Waals surface area contributed by atoms with E-state index in [1.165, 1.54) is 24.8 Å². The molecule has 2 rings (SSSR count). The average Bonchev–Trinajstić information content (AvgIpc) is 2.85. The zero-order valence-corrected chi connectivity index (χ0v) is 12.2. The van der Waals surface area contributed by atoms with Gasteiger partial charge in [0.2, 0.25) is 0 Å². The molecule has 1 aliphatic rings. The molecule has 1 amide bonds. The molecule has 0 atom stereocenters. The second-order valence-corrected chi connectivity index (χ2v) is 5.49. The molecule has 96 valence electrons. The predicted molar refractivity (Wildman–Crippen MR) is 77.8 cm³/mol. The van der Waals surface area contributed by atoms with Gasteiger partial charge < -0.3 is 5.32 Å². The lowest BCUT2D eigenvalue weighted by molar-refractivity contribution is 0.0953. The summed E-state index contributed by atoms with van der Waals surface area (Å²) in [4.78, 5) is 12.0. The number of rotatable bonds is 4. The number of carbonyl (C=O) groups excluding carboxylic acids is 1. The summed E-state index contributed by atoms with van der Waals surface area (Å²) in [6.45, 7) is 2.72. The van der Waals surface area contributed by atoms with E-state index in [-0.39, 0.29) is 5.91 Å². The Bertz CT molecular complexity index is 479. The Labute approximate surface area is 117 Å². The molecule has 18 heavy (non-hydrogen) atoms. The SMILES string of the molecule is Cc1cccc(C(=O)NCCC2=CCCC2)c1Br. The maximum Gasteiger partial charge on any atom is 0.252 e. The van der Waals surface area contributed by atoms with Crippen molar-refractivity contribution in [2.45, 2.75) is 32.6 Å². The zero-order valence-electron chi connectivity index (χ0n) is 10.6. The highest BCUT2D eigenvalue weighted by molar-refractivity contribution is 9.10. The van der Waals surface area contributed by atoms with Crippen LogP contribution >= 0.6 is 15.9 Å². The molecule has 1 aromatic carbocycles. The molecule has 0 saturated carbocycles. The third-order valence-corrected chi connectivity index (χ3v) is 4.36. The van der Waals surface area contributed by atoms with Gasteiger partial charge in [-0.3, -0.25) is 4.79 Å². The Morgan fingerprint density at radius 3 is 3.00 bits per heavy atom. The van der Waals surface area contributed by atoms with Gasteiger partial charge in [-0.15, -0.1) is 0 Å². The molecule has 0 fully saturated rings. The lowest BCUT2D eigenvalue weighted by atomic mass is 10.1. The Kier molecular flexibility index (Phi) is 4.59. The molecule has 1 N–H and O–H groups in total. The van der Waals surface area contributed by atoms with Crippen LogP contribution in [0.3, 0.4) is 0 Å². The summed E-state index contributed by atoms with van der Waals surface area (Å²) in [6.07, 6.45) is 6.95. The van der Waals surface area contributed by atoms with Crippen LogP contribution in [-0.4, -0.2) is 12.5 Å². The first-order valence-electron chi connectivity index (χ1n) is 6.39. The molecule has 0 saturated heterocycles. The van der Waals surface area contributed by atoms with Gasteiger partial charge in [-0.2, -0.15) is 0 Å². The van der Waals surface area contributed by atoms with Gasteiger partial charge in [0.05, 0.1) is 5.56 Å². The minimum absolute atomic E-state index is 0.00386. The molecule has 0 unspecified atom stereocenters. The van der Waals surface area contributed by atoms with Crippen molar-refractivity contribution < 1.29 is 4.79 Å². The number of hydrogen-bond donors (Lipinski definition) is 1. The van der Waals surface area contributed by atoms with Crippen LogP contribution in [0.5, 0.6) is 0 Å². The minimum Gasteiger partial charge on any atom is -0.352 e. The summed E-state index contributed by atoms with van der Waals surface area (Å²) in [5.41, 5.74) is 3.29. The fourth-order valence-electron chi connectivity index (χ4n) is 2.22. The first kappa shape index (κ1) is 13.3. The Morgan fingerprint density at radius 1 is 1.44 bits per heavy atom. The normalized spacial score (nSPS) is 14.4. The third-order valence-electron chi connectivity index (χ3n) is 3.30. The third kappa shape index (κ3) is 3.22. The molecule has 3 heteroatoms. The number of amides is 1. The van der Waals surface area contributed by atoms with Gasteiger partial charge in [-0.05, 0) is 60.2 Å². The largest absolute Gasteiger partial charge is 0.352 e. The standard InChI is InChI=1S/C15H18BrNO/c1-11-5-4-8-13(14(11)16)15(18)17-10-9-12-6-2-3-7-12/h4-6,8H,2-3,7,9-10H2,1H3,(H,17,18). The smallest absolute Gasteiger partial charge is 0.252 e. The van der Waals surface area contributed by atoms with E-state index >= 15 is 0 Å². The molecule has 0 bridgehead atoms. The summed E-state index contributed by atoms with van der Waals surface area (Å²) in [5.74, 6) is 0.00386. The van der Waals surface area contributed by atoms with Crippen LogP contribution in [0.4, 0.5) is 0 Å². The zero-order chi connectivity index (χ0) is 13.0. The first-order chi connectivity index (χ1) is 8.68. The van der Waals surface area contributed by atoms with Gasteiger partial charge in [0.25, 0.3) is 5.91 Å². The average molecular weight is 308 g/mol. The van der Waals surface area contributed by atoms with E-state index in [1.54, 1.807) is 0 Å². The van der Waals surface area contributed by atoms with Crippen LogP contribution in [-0.2, 0) is 0 Å². The number of halogens is 1. The molecule has 0 aliphatic heterocycles. The molecule has 1 aliphatic carbocycles. The highest BCUT2D eigenvalue weighted by Crippen LogP contribution is 2.22. The van der Waals surface area contributed by atoms with Crippen LogP contribution < -0.4 is 5.32 Å². The minimum atomic E-state index is 0.00386. The maximum absolute atomic E-state index is 12.0. The van der Waals surface area contributed by atoms with E-state index in [2.05, 4.69) is 27.3 Å². The fourth-order valence-corrected chi connectivity index (χ4v) is 2.66. The molecule has 1 aromatic rings. The summed E-state index contributed by atoms with van der Waals surface area (Å²) >= 11 is 3.47. The van der Waals surface area contributed by atoms with E-state index in [0.717, 1.165) is 28.6 Å². The van der Waals surface area contributed by atoms with Crippen molar-refractivity contribution in [2.24, 2.45) is 0 Å². The van der Waals surface area contributed by atoms with Crippen molar-refractivity contribution in [3.63, 3.8) is 0 Å². The maximum atomic E-state index is 12.0. The number of aryl methyl sites for hydroxylation is 1. The van der Waals surface area contributed by atoms with Crippen molar-refractivity contribution in [1.29, 1.82) is 0 Å². The summed E-state index contributed by atoms with van der Waals surface area (Å²) in [5, 5.41) is 2.98. The van der Waals surface area contributed by atoms with Gasteiger partial charge >= 0.3 is 0 Å². The molecule has 0 spiro atoms. The summed E-state index contributed by atoms with van der Waals surface area (Å²) < 4.78 is 0.891.